The van der Waals surface area contributed by atoms with Gasteiger partial charge in [-0.1, -0.05) is 0 Å². The molecule has 0 spiro atoms. The van der Waals surface area contributed by atoms with E-state index < -0.39 is 12.1 Å². The standard InChI is InChI=1S/C10H20N2O3/c1-3-15-9(10(13)14)8-12-6-4-11(2)5-7-12/h9H,3-8H2,1-2H3,(H,13,14). The van der Waals surface area contributed by atoms with Gasteiger partial charge in [0, 0.05) is 39.3 Å². The van der Waals surface area contributed by atoms with Crippen LogP contribution < -0.4 is 0 Å². The van der Waals surface area contributed by atoms with Crippen molar-refractivity contribution >= 4 is 5.97 Å². The third-order valence-corrected chi connectivity index (χ3v) is 2.66. The minimum absolute atomic E-state index is 0.449. The van der Waals surface area contributed by atoms with Gasteiger partial charge in [-0.05, 0) is 14.0 Å². The molecule has 1 N–H and O–H groups in total. The Kier molecular flexibility index (Phi) is 5.01. The molecule has 1 aliphatic rings. The lowest BCUT2D eigenvalue weighted by Gasteiger charge is -2.33. The molecule has 0 aromatic heterocycles. The number of carbonyl (C=O) groups is 1. The molecule has 0 aromatic rings. The average Bonchev–Trinajstić information content (AvgIpc) is 2.20. The van der Waals surface area contributed by atoms with E-state index in [2.05, 4.69) is 16.8 Å². The number of hydrogen-bond donors (Lipinski definition) is 1. The van der Waals surface area contributed by atoms with E-state index in [4.69, 9.17) is 9.84 Å². The summed E-state index contributed by atoms with van der Waals surface area (Å²) in [5, 5.41) is 8.92. The van der Waals surface area contributed by atoms with Crippen LogP contribution in [0.15, 0.2) is 0 Å². The van der Waals surface area contributed by atoms with Gasteiger partial charge >= 0.3 is 5.97 Å². The summed E-state index contributed by atoms with van der Waals surface area (Å²) in [6.45, 7) is 6.61. The second kappa shape index (κ2) is 6.05. The summed E-state index contributed by atoms with van der Waals surface area (Å²) < 4.78 is 5.18. The van der Waals surface area contributed by atoms with E-state index in [1.54, 1.807) is 0 Å². The molecule has 1 fully saturated rings. The number of rotatable bonds is 5. The van der Waals surface area contributed by atoms with Crippen molar-refractivity contribution in [2.75, 3.05) is 46.4 Å². The maximum atomic E-state index is 10.9. The lowest BCUT2D eigenvalue weighted by Crippen LogP contribution is -2.48. The van der Waals surface area contributed by atoms with Crippen LogP contribution in [0.1, 0.15) is 6.92 Å². The van der Waals surface area contributed by atoms with E-state index in [1.165, 1.54) is 0 Å². The first kappa shape index (κ1) is 12.4. The minimum Gasteiger partial charge on any atom is -0.479 e. The lowest BCUT2D eigenvalue weighted by atomic mass is 10.2. The maximum Gasteiger partial charge on any atom is 0.334 e. The molecular formula is C10H20N2O3. The van der Waals surface area contributed by atoms with Crippen molar-refractivity contribution < 1.29 is 14.6 Å². The number of carboxylic acids is 1. The molecule has 1 unspecified atom stereocenters. The summed E-state index contributed by atoms with van der Waals surface area (Å²) in [5.41, 5.74) is 0. The SMILES string of the molecule is CCOC(CN1CCN(C)CC1)C(=O)O. The summed E-state index contributed by atoms with van der Waals surface area (Å²) in [6.07, 6.45) is -0.682. The van der Waals surface area contributed by atoms with Gasteiger partial charge in [-0.25, -0.2) is 4.79 Å². The molecular weight excluding hydrogens is 196 g/mol. The van der Waals surface area contributed by atoms with Gasteiger partial charge in [-0.15, -0.1) is 0 Å². The van der Waals surface area contributed by atoms with Crippen molar-refractivity contribution in [1.82, 2.24) is 9.80 Å². The predicted molar refractivity (Wildman–Crippen MR) is 57.0 cm³/mol. The smallest absolute Gasteiger partial charge is 0.334 e. The number of aliphatic carboxylic acids is 1. The second-order valence-corrected chi connectivity index (χ2v) is 3.89. The predicted octanol–water partition coefficient (Wildman–Crippen LogP) is -0.276. The van der Waals surface area contributed by atoms with E-state index in [9.17, 15) is 4.79 Å². The maximum absolute atomic E-state index is 10.9. The molecule has 88 valence electrons. The molecule has 0 amide bonds. The first-order valence-electron chi connectivity index (χ1n) is 5.38. The van der Waals surface area contributed by atoms with Crippen LogP contribution in [-0.4, -0.2) is 73.4 Å². The molecule has 5 nitrogen and oxygen atoms in total. The van der Waals surface area contributed by atoms with Crippen molar-refractivity contribution in [3.63, 3.8) is 0 Å². The molecule has 0 bridgehead atoms. The monoisotopic (exact) mass is 216 g/mol. The van der Waals surface area contributed by atoms with Gasteiger partial charge in [0.25, 0.3) is 0 Å². The quantitative estimate of drug-likeness (QED) is 0.685. The van der Waals surface area contributed by atoms with E-state index in [0.29, 0.717) is 13.2 Å². The summed E-state index contributed by atoms with van der Waals surface area (Å²) >= 11 is 0. The zero-order valence-corrected chi connectivity index (χ0v) is 9.48. The van der Waals surface area contributed by atoms with Gasteiger partial charge in [0.15, 0.2) is 6.10 Å². The van der Waals surface area contributed by atoms with Crippen LogP contribution in [0, 0.1) is 0 Å². The third-order valence-electron chi connectivity index (χ3n) is 2.66. The summed E-state index contributed by atoms with van der Waals surface area (Å²) in [7, 11) is 2.08. The highest BCUT2D eigenvalue weighted by Gasteiger charge is 2.23. The van der Waals surface area contributed by atoms with Gasteiger partial charge in [0.1, 0.15) is 0 Å². The zero-order chi connectivity index (χ0) is 11.3. The number of ether oxygens (including phenoxy) is 1. The molecule has 1 heterocycles. The Morgan fingerprint density at radius 3 is 2.47 bits per heavy atom. The van der Waals surface area contributed by atoms with Crippen molar-refractivity contribution in [2.45, 2.75) is 13.0 Å². The molecule has 0 radical (unpaired) electrons. The van der Waals surface area contributed by atoms with Crippen molar-refractivity contribution in [2.24, 2.45) is 0 Å². The molecule has 1 saturated heterocycles. The number of hydrogen-bond acceptors (Lipinski definition) is 4. The summed E-state index contributed by atoms with van der Waals surface area (Å²) in [4.78, 5) is 15.3. The van der Waals surface area contributed by atoms with Crippen LogP contribution in [0.5, 0.6) is 0 Å². The summed E-state index contributed by atoms with van der Waals surface area (Å²) in [6, 6.07) is 0. The molecule has 5 heteroatoms. The highest BCUT2D eigenvalue weighted by molar-refractivity contribution is 5.72. The third kappa shape index (κ3) is 4.15. The van der Waals surface area contributed by atoms with Gasteiger partial charge < -0.3 is 14.7 Å². The minimum atomic E-state index is -0.865. The van der Waals surface area contributed by atoms with Gasteiger partial charge in [0.2, 0.25) is 0 Å². The zero-order valence-electron chi connectivity index (χ0n) is 9.48. The highest BCUT2D eigenvalue weighted by Crippen LogP contribution is 2.03. The van der Waals surface area contributed by atoms with Crippen molar-refractivity contribution in [1.29, 1.82) is 0 Å². The fraction of sp³-hybridized carbons (Fsp3) is 0.900. The fourth-order valence-corrected chi connectivity index (χ4v) is 1.67. The molecule has 0 saturated carbocycles. The first-order chi connectivity index (χ1) is 7.13. The van der Waals surface area contributed by atoms with E-state index in [1.807, 2.05) is 6.92 Å². The van der Waals surface area contributed by atoms with Crippen LogP contribution in [0.4, 0.5) is 0 Å². The van der Waals surface area contributed by atoms with Crippen molar-refractivity contribution in [3.05, 3.63) is 0 Å². The Bertz CT molecular complexity index is 203. The van der Waals surface area contributed by atoms with Crippen LogP contribution in [0.3, 0.4) is 0 Å². The van der Waals surface area contributed by atoms with E-state index in [-0.39, 0.29) is 0 Å². The Morgan fingerprint density at radius 2 is 2.00 bits per heavy atom. The Hall–Kier alpha value is -0.650. The topological polar surface area (TPSA) is 53.0 Å². The van der Waals surface area contributed by atoms with Crippen LogP contribution in [0.25, 0.3) is 0 Å². The average molecular weight is 216 g/mol. The van der Waals surface area contributed by atoms with Gasteiger partial charge in [-0.2, -0.15) is 0 Å². The molecule has 15 heavy (non-hydrogen) atoms. The van der Waals surface area contributed by atoms with Gasteiger partial charge in [-0.3, -0.25) is 4.90 Å². The number of piperazine rings is 1. The Morgan fingerprint density at radius 1 is 1.40 bits per heavy atom. The van der Waals surface area contributed by atoms with Crippen LogP contribution >= 0.6 is 0 Å². The molecule has 0 aliphatic carbocycles. The van der Waals surface area contributed by atoms with Crippen molar-refractivity contribution in [3.8, 4) is 0 Å². The summed E-state index contributed by atoms with van der Waals surface area (Å²) in [5.74, 6) is -0.865. The number of nitrogens with zero attached hydrogens (tertiary/aromatic N) is 2. The molecule has 1 aliphatic heterocycles. The molecule has 1 rings (SSSR count). The van der Waals surface area contributed by atoms with E-state index >= 15 is 0 Å². The molecule has 0 aromatic carbocycles. The van der Waals surface area contributed by atoms with Gasteiger partial charge in [0.05, 0.1) is 0 Å². The normalized spacial score (nSPS) is 21.5. The largest absolute Gasteiger partial charge is 0.479 e. The first-order valence-corrected chi connectivity index (χ1v) is 5.38. The molecule has 1 atom stereocenters. The number of carboxylic acid groups (broad SMARTS) is 1. The van der Waals surface area contributed by atoms with Crippen LogP contribution in [-0.2, 0) is 9.53 Å². The second-order valence-electron chi connectivity index (χ2n) is 3.89. The number of likely N-dealkylation sites (N-methyl/N-ethyl adjacent to an activating group) is 1. The van der Waals surface area contributed by atoms with E-state index in [0.717, 1.165) is 26.2 Å². The Labute approximate surface area is 90.6 Å². The van der Waals surface area contributed by atoms with Crippen LogP contribution in [0.2, 0.25) is 0 Å². The lowest BCUT2D eigenvalue weighted by molar-refractivity contribution is -0.151. The fourth-order valence-electron chi connectivity index (χ4n) is 1.67. The Balaban J connectivity index is 2.34. The highest BCUT2D eigenvalue weighted by atomic mass is 16.5.